The van der Waals surface area contributed by atoms with Crippen molar-refractivity contribution in [3.8, 4) is 0 Å². The Morgan fingerprint density at radius 1 is 1.45 bits per heavy atom. The normalized spacial score (nSPS) is 17.9. The summed E-state index contributed by atoms with van der Waals surface area (Å²) in [5, 5.41) is 6.34. The van der Waals surface area contributed by atoms with Crippen LogP contribution in [0.1, 0.15) is 51.2 Å². The number of aryl methyl sites for hydroxylation is 1. The van der Waals surface area contributed by atoms with Crippen LogP contribution >= 0.6 is 0 Å². The van der Waals surface area contributed by atoms with E-state index in [1.165, 1.54) is 0 Å². The van der Waals surface area contributed by atoms with Gasteiger partial charge in [0.05, 0.1) is 18.2 Å². The van der Waals surface area contributed by atoms with Crippen molar-refractivity contribution in [1.29, 1.82) is 0 Å². The Bertz CT molecular complexity index is 431. The van der Waals surface area contributed by atoms with Gasteiger partial charge in [0, 0.05) is 6.42 Å². The highest BCUT2D eigenvalue weighted by Crippen LogP contribution is 2.34. The predicted octanol–water partition coefficient (Wildman–Crippen LogP) is 2.02. The number of piperidine rings is 1. The van der Waals surface area contributed by atoms with Crippen molar-refractivity contribution >= 4 is 5.91 Å². The van der Waals surface area contributed by atoms with Crippen molar-refractivity contribution in [2.75, 3.05) is 13.1 Å². The summed E-state index contributed by atoms with van der Waals surface area (Å²) in [7, 11) is 0. The van der Waals surface area contributed by atoms with Crippen LogP contribution in [0.3, 0.4) is 0 Å². The van der Waals surface area contributed by atoms with Crippen LogP contribution in [-0.2, 0) is 17.8 Å². The van der Waals surface area contributed by atoms with Gasteiger partial charge in [-0.15, -0.1) is 0 Å². The maximum Gasteiger partial charge on any atom is 0.226 e. The molecular formula is C15H25N3O2. The Balaban J connectivity index is 1.94. The molecular weight excluding hydrogens is 254 g/mol. The van der Waals surface area contributed by atoms with E-state index in [1.54, 1.807) is 6.20 Å². The Labute approximate surface area is 120 Å². The Morgan fingerprint density at radius 2 is 2.20 bits per heavy atom. The van der Waals surface area contributed by atoms with Gasteiger partial charge in [0.2, 0.25) is 11.8 Å². The zero-order valence-corrected chi connectivity index (χ0v) is 12.5. The number of nitrogens with zero attached hydrogens (tertiary/aromatic N) is 1. The predicted molar refractivity (Wildman–Crippen MR) is 77.2 cm³/mol. The third-order valence-corrected chi connectivity index (χ3v) is 4.12. The summed E-state index contributed by atoms with van der Waals surface area (Å²) in [5.41, 5.74) is -0.208. The van der Waals surface area contributed by atoms with Gasteiger partial charge in [-0.25, -0.2) is 4.98 Å². The molecule has 2 heterocycles. The molecule has 0 unspecified atom stereocenters. The van der Waals surface area contributed by atoms with Crippen molar-refractivity contribution in [2.24, 2.45) is 5.41 Å². The number of nitrogens with one attached hydrogen (secondary N) is 2. The molecule has 1 amide bonds. The number of aromatic nitrogens is 1. The second-order valence-electron chi connectivity index (χ2n) is 5.54. The summed E-state index contributed by atoms with van der Waals surface area (Å²) in [6, 6.07) is 0. The van der Waals surface area contributed by atoms with Gasteiger partial charge in [0.25, 0.3) is 0 Å². The van der Waals surface area contributed by atoms with E-state index in [0.29, 0.717) is 12.4 Å². The molecule has 0 bridgehead atoms. The fourth-order valence-corrected chi connectivity index (χ4v) is 2.91. The first-order valence-corrected chi connectivity index (χ1v) is 7.63. The minimum Gasteiger partial charge on any atom is -0.444 e. The molecule has 0 radical (unpaired) electrons. The average molecular weight is 279 g/mol. The molecule has 2 N–H and O–H groups in total. The Hall–Kier alpha value is -1.36. The molecule has 1 fully saturated rings. The average Bonchev–Trinajstić information content (AvgIpc) is 2.94. The lowest BCUT2D eigenvalue weighted by Crippen LogP contribution is -2.47. The Kier molecular flexibility index (Phi) is 5.17. The van der Waals surface area contributed by atoms with E-state index in [4.69, 9.17) is 4.42 Å². The second-order valence-corrected chi connectivity index (χ2v) is 5.54. The van der Waals surface area contributed by atoms with Crippen molar-refractivity contribution in [2.45, 2.75) is 52.5 Å². The molecule has 1 aliphatic heterocycles. The van der Waals surface area contributed by atoms with Gasteiger partial charge in [0.15, 0.2) is 0 Å². The molecule has 0 spiro atoms. The highest BCUT2D eigenvalue weighted by atomic mass is 16.4. The van der Waals surface area contributed by atoms with Gasteiger partial charge in [-0.05, 0) is 32.4 Å². The van der Waals surface area contributed by atoms with E-state index < -0.39 is 0 Å². The summed E-state index contributed by atoms with van der Waals surface area (Å²) in [6.07, 6.45) is 6.37. The van der Waals surface area contributed by atoms with E-state index >= 15 is 0 Å². The van der Waals surface area contributed by atoms with E-state index in [9.17, 15) is 4.79 Å². The van der Waals surface area contributed by atoms with Crippen molar-refractivity contribution < 1.29 is 9.21 Å². The molecule has 1 saturated heterocycles. The minimum absolute atomic E-state index is 0.150. The van der Waals surface area contributed by atoms with Crippen LogP contribution in [0.4, 0.5) is 0 Å². The molecule has 5 nitrogen and oxygen atoms in total. The molecule has 112 valence electrons. The van der Waals surface area contributed by atoms with Crippen LogP contribution in [0, 0.1) is 5.41 Å². The lowest BCUT2D eigenvalue weighted by molar-refractivity contribution is -0.133. The summed E-state index contributed by atoms with van der Waals surface area (Å²) < 4.78 is 5.53. The molecule has 0 aromatic carbocycles. The standard InChI is InChI=1S/C15H25N3O2/c1-3-5-15(6-8-16-9-7-15)14(19)18-11-13-17-10-12(4-2)20-13/h10,16H,3-9,11H2,1-2H3,(H,18,19). The number of rotatable bonds is 6. The molecule has 0 aliphatic carbocycles. The molecule has 1 aromatic rings. The zero-order chi connectivity index (χ0) is 14.4. The van der Waals surface area contributed by atoms with Crippen LogP contribution in [0.15, 0.2) is 10.6 Å². The lowest BCUT2D eigenvalue weighted by Gasteiger charge is -2.36. The number of hydrogen-bond acceptors (Lipinski definition) is 4. The van der Waals surface area contributed by atoms with Crippen molar-refractivity contribution in [3.63, 3.8) is 0 Å². The number of carbonyl (C=O) groups excluding carboxylic acids is 1. The summed E-state index contributed by atoms with van der Waals surface area (Å²) in [4.78, 5) is 16.7. The molecule has 20 heavy (non-hydrogen) atoms. The van der Waals surface area contributed by atoms with Crippen LogP contribution in [0.2, 0.25) is 0 Å². The van der Waals surface area contributed by atoms with Gasteiger partial charge in [0.1, 0.15) is 5.76 Å². The molecule has 1 aromatic heterocycles. The maximum atomic E-state index is 12.6. The number of carbonyl (C=O) groups is 1. The van der Waals surface area contributed by atoms with Gasteiger partial charge < -0.3 is 15.1 Å². The highest BCUT2D eigenvalue weighted by molar-refractivity contribution is 5.82. The fourth-order valence-electron chi connectivity index (χ4n) is 2.91. The monoisotopic (exact) mass is 279 g/mol. The smallest absolute Gasteiger partial charge is 0.226 e. The van der Waals surface area contributed by atoms with Crippen LogP contribution in [0.5, 0.6) is 0 Å². The maximum absolute atomic E-state index is 12.6. The first kappa shape index (κ1) is 15.0. The Morgan fingerprint density at radius 3 is 2.80 bits per heavy atom. The third-order valence-electron chi connectivity index (χ3n) is 4.12. The first-order valence-electron chi connectivity index (χ1n) is 7.63. The molecule has 5 heteroatoms. The largest absolute Gasteiger partial charge is 0.444 e. The van der Waals surface area contributed by atoms with E-state index in [-0.39, 0.29) is 11.3 Å². The number of oxazole rings is 1. The minimum atomic E-state index is -0.208. The first-order chi connectivity index (χ1) is 9.70. The van der Waals surface area contributed by atoms with E-state index in [1.807, 2.05) is 6.92 Å². The molecule has 0 atom stereocenters. The topological polar surface area (TPSA) is 67.2 Å². The molecule has 2 rings (SSSR count). The number of hydrogen-bond donors (Lipinski definition) is 2. The number of amides is 1. The van der Waals surface area contributed by atoms with Gasteiger partial charge in [-0.1, -0.05) is 20.3 Å². The second kappa shape index (κ2) is 6.88. The summed E-state index contributed by atoms with van der Waals surface area (Å²) in [6.45, 7) is 6.39. The fraction of sp³-hybridized carbons (Fsp3) is 0.733. The third kappa shape index (κ3) is 3.39. The SMILES string of the molecule is CCCC1(C(=O)NCc2ncc(CC)o2)CCNCC1. The zero-order valence-electron chi connectivity index (χ0n) is 12.5. The lowest BCUT2D eigenvalue weighted by atomic mass is 9.74. The van der Waals surface area contributed by atoms with Crippen molar-refractivity contribution in [3.05, 3.63) is 17.8 Å². The molecule has 1 aliphatic rings. The quantitative estimate of drug-likeness (QED) is 0.836. The van der Waals surface area contributed by atoms with Crippen LogP contribution in [-0.4, -0.2) is 24.0 Å². The van der Waals surface area contributed by atoms with Crippen LogP contribution in [0.25, 0.3) is 0 Å². The van der Waals surface area contributed by atoms with Gasteiger partial charge in [-0.2, -0.15) is 0 Å². The summed E-state index contributed by atoms with van der Waals surface area (Å²) >= 11 is 0. The highest BCUT2D eigenvalue weighted by Gasteiger charge is 2.38. The van der Waals surface area contributed by atoms with Crippen molar-refractivity contribution in [1.82, 2.24) is 15.6 Å². The van der Waals surface area contributed by atoms with Gasteiger partial charge >= 0.3 is 0 Å². The van der Waals surface area contributed by atoms with Crippen LogP contribution < -0.4 is 10.6 Å². The van der Waals surface area contributed by atoms with E-state index in [0.717, 1.165) is 51.0 Å². The van der Waals surface area contributed by atoms with E-state index in [2.05, 4.69) is 22.5 Å². The van der Waals surface area contributed by atoms with Gasteiger partial charge in [-0.3, -0.25) is 4.79 Å². The summed E-state index contributed by atoms with van der Waals surface area (Å²) in [5.74, 6) is 1.60. The molecule has 0 saturated carbocycles.